The molecular weight excluding hydrogens is 444 g/mol. The Morgan fingerprint density at radius 1 is 1.16 bits per heavy atom. The molecule has 0 fully saturated rings. The van der Waals surface area contributed by atoms with E-state index >= 15 is 0 Å². The molecule has 0 spiro atoms. The van der Waals surface area contributed by atoms with Crippen molar-refractivity contribution in [1.29, 1.82) is 0 Å². The first-order valence-electron chi connectivity index (χ1n) is 10.3. The van der Waals surface area contributed by atoms with Gasteiger partial charge < -0.3 is 0 Å². The van der Waals surface area contributed by atoms with Crippen molar-refractivity contribution in [3.05, 3.63) is 91.8 Å². The second-order valence-corrected chi connectivity index (χ2v) is 9.14. The molecule has 1 N–H and O–H groups in total. The molecule has 2 aromatic carbocycles. The van der Waals surface area contributed by atoms with E-state index in [0.29, 0.717) is 21.7 Å². The van der Waals surface area contributed by atoms with Gasteiger partial charge in [-0.2, -0.15) is 5.10 Å². The Bertz CT molecular complexity index is 1420. The van der Waals surface area contributed by atoms with Gasteiger partial charge in [0.1, 0.15) is 11.2 Å². The molecular formula is C24H19ClN4O2S. The number of carbonyl (C=O) groups is 1. The Morgan fingerprint density at radius 3 is 2.88 bits per heavy atom. The van der Waals surface area contributed by atoms with E-state index in [1.807, 2.05) is 12.1 Å². The van der Waals surface area contributed by atoms with Crippen LogP contribution in [0, 0.1) is 0 Å². The highest BCUT2D eigenvalue weighted by Gasteiger charge is 2.20. The van der Waals surface area contributed by atoms with Crippen LogP contribution in [0.25, 0.3) is 15.9 Å². The topological polar surface area (TPSA) is 76.3 Å². The molecule has 0 aliphatic heterocycles. The summed E-state index contributed by atoms with van der Waals surface area (Å²) < 4.78 is 1.51. The first-order valence-corrected chi connectivity index (χ1v) is 11.5. The average Bonchev–Trinajstić information content (AvgIpc) is 3.19. The fraction of sp³-hybridized carbons (Fsp3) is 0.167. The predicted octanol–water partition coefficient (Wildman–Crippen LogP) is 4.74. The second kappa shape index (κ2) is 8.68. The first-order chi connectivity index (χ1) is 15.6. The number of hydrazone groups is 1. The van der Waals surface area contributed by atoms with Crippen LogP contribution in [0.2, 0.25) is 5.02 Å². The molecule has 0 atom stereocenters. The van der Waals surface area contributed by atoms with Crippen molar-refractivity contribution in [1.82, 2.24) is 15.0 Å². The Labute approximate surface area is 193 Å². The van der Waals surface area contributed by atoms with Crippen LogP contribution in [0.3, 0.4) is 0 Å². The monoisotopic (exact) mass is 462 g/mol. The Balaban J connectivity index is 1.42. The molecule has 160 valence electrons. The number of halogens is 1. The van der Waals surface area contributed by atoms with Crippen molar-refractivity contribution in [2.75, 3.05) is 0 Å². The van der Waals surface area contributed by atoms with Crippen molar-refractivity contribution >= 4 is 45.3 Å². The maximum atomic E-state index is 13.3. The molecule has 0 radical (unpaired) electrons. The summed E-state index contributed by atoms with van der Waals surface area (Å²) in [7, 11) is 0. The molecule has 8 heteroatoms. The summed E-state index contributed by atoms with van der Waals surface area (Å²) in [5.41, 5.74) is 5.32. The van der Waals surface area contributed by atoms with Crippen LogP contribution in [0.4, 0.5) is 0 Å². The van der Waals surface area contributed by atoms with E-state index in [-0.39, 0.29) is 11.5 Å². The van der Waals surface area contributed by atoms with Gasteiger partial charge in [0.25, 0.3) is 11.5 Å². The van der Waals surface area contributed by atoms with E-state index in [4.69, 9.17) is 11.6 Å². The molecule has 0 saturated heterocycles. The number of hydrogen-bond donors (Lipinski definition) is 1. The van der Waals surface area contributed by atoms with Crippen LogP contribution in [-0.2, 0) is 12.8 Å². The summed E-state index contributed by atoms with van der Waals surface area (Å²) in [5.74, 6) is -0.375. The summed E-state index contributed by atoms with van der Waals surface area (Å²) in [4.78, 5) is 32.5. The van der Waals surface area contributed by atoms with Gasteiger partial charge in [-0.05, 0) is 67.1 Å². The Kier molecular flexibility index (Phi) is 5.59. The molecule has 1 aliphatic rings. The van der Waals surface area contributed by atoms with Crippen molar-refractivity contribution in [2.24, 2.45) is 5.10 Å². The number of nitrogens with zero attached hydrogens (tertiary/aromatic N) is 3. The van der Waals surface area contributed by atoms with Crippen LogP contribution < -0.4 is 11.0 Å². The number of fused-ring (bicyclic) bond motifs is 3. The maximum absolute atomic E-state index is 13.3. The fourth-order valence-electron chi connectivity index (χ4n) is 3.94. The third kappa shape index (κ3) is 3.97. The number of nitrogens with one attached hydrogen (secondary N) is 1. The molecule has 4 aromatic rings. The lowest BCUT2D eigenvalue weighted by Crippen LogP contribution is -2.21. The smallest absolute Gasteiger partial charge is 0.268 e. The number of carbonyl (C=O) groups excluding carboxylic acids is 1. The zero-order valence-electron chi connectivity index (χ0n) is 17.0. The Hall–Kier alpha value is -3.29. The van der Waals surface area contributed by atoms with Gasteiger partial charge in [-0.15, -0.1) is 11.3 Å². The summed E-state index contributed by atoms with van der Waals surface area (Å²) >= 11 is 7.58. The molecule has 6 nitrogen and oxygen atoms in total. The molecule has 1 aliphatic carbocycles. The quantitative estimate of drug-likeness (QED) is 0.351. The highest BCUT2D eigenvalue weighted by molar-refractivity contribution is 7.18. The van der Waals surface area contributed by atoms with Crippen molar-refractivity contribution in [3.8, 4) is 5.69 Å². The number of benzene rings is 2. The normalized spacial score (nSPS) is 13.4. The number of amides is 1. The van der Waals surface area contributed by atoms with Crippen LogP contribution in [-0.4, -0.2) is 21.7 Å². The lowest BCUT2D eigenvalue weighted by molar-refractivity contribution is 0.0955. The van der Waals surface area contributed by atoms with Crippen LogP contribution in [0.5, 0.6) is 0 Å². The van der Waals surface area contributed by atoms with Gasteiger partial charge in [-0.1, -0.05) is 29.8 Å². The lowest BCUT2D eigenvalue weighted by atomic mass is 9.97. The minimum absolute atomic E-state index is 0.0917. The molecule has 0 saturated carbocycles. The molecule has 32 heavy (non-hydrogen) atoms. The zero-order valence-corrected chi connectivity index (χ0v) is 18.6. The predicted molar refractivity (Wildman–Crippen MR) is 128 cm³/mol. The summed E-state index contributed by atoms with van der Waals surface area (Å²) in [6.07, 6.45) is 7.25. The van der Waals surface area contributed by atoms with Gasteiger partial charge in [0.2, 0.25) is 0 Å². The number of thiophene rings is 1. The second-order valence-electron chi connectivity index (χ2n) is 7.62. The van der Waals surface area contributed by atoms with Gasteiger partial charge in [0.15, 0.2) is 0 Å². The molecule has 2 heterocycles. The Morgan fingerprint density at radius 2 is 2.00 bits per heavy atom. The fourth-order valence-corrected chi connectivity index (χ4v) is 5.36. The first kappa shape index (κ1) is 20.6. The van der Waals surface area contributed by atoms with Crippen molar-refractivity contribution in [2.45, 2.75) is 25.7 Å². The van der Waals surface area contributed by atoms with E-state index in [9.17, 15) is 9.59 Å². The highest BCUT2D eigenvalue weighted by Crippen LogP contribution is 2.33. The van der Waals surface area contributed by atoms with E-state index < -0.39 is 0 Å². The summed E-state index contributed by atoms with van der Waals surface area (Å²) in [5, 5.41) is 5.31. The van der Waals surface area contributed by atoms with Gasteiger partial charge in [0, 0.05) is 15.5 Å². The van der Waals surface area contributed by atoms with Crippen LogP contribution in [0.15, 0.2) is 64.8 Å². The molecule has 0 unspecified atom stereocenters. The lowest BCUT2D eigenvalue weighted by Gasteiger charge is -2.11. The maximum Gasteiger partial charge on any atom is 0.271 e. The third-order valence-corrected chi connectivity index (χ3v) is 6.93. The number of rotatable bonds is 4. The highest BCUT2D eigenvalue weighted by atomic mass is 35.5. The van der Waals surface area contributed by atoms with E-state index in [2.05, 4.69) is 15.5 Å². The van der Waals surface area contributed by atoms with Gasteiger partial charge in [-0.25, -0.2) is 10.4 Å². The van der Waals surface area contributed by atoms with Crippen LogP contribution >= 0.6 is 22.9 Å². The number of aryl methyl sites for hydroxylation is 2. The third-order valence-electron chi connectivity index (χ3n) is 5.49. The zero-order chi connectivity index (χ0) is 22.1. The molecule has 0 bridgehead atoms. The number of hydrogen-bond acceptors (Lipinski definition) is 5. The largest absolute Gasteiger partial charge is 0.271 e. The standard InChI is InChI=1S/C24H19ClN4O2S/c25-17-7-3-5-15(11-17)13-27-28-22(30)16-6-4-8-18(12-16)29-14-26-23-21(24(29)31)19-9-1-2-10-20(19)32-23/h3-8,11-14H,1-2,9-10H2,(H,28,30). The van der Waals surface area contributed by atoms with Crippen LogP contribution in [0.1, 0.15) is 39.2 Å². The molecule has 1 amide bonds. The minimum Gasteiger partial charge on any atom is -0.268 e. The van der Waals surface area contributed by atoms with Gasteiger partial charge >= 0.3 is 0 Å². The van der Waals surface area contributed by atoms with Crippen molar-refractivity contribution < 1.29 is 4.79 Å². The van der Waals surface area contributed by atoms with E-state index in [1.54, 1.807) is 54.1 Å². The average molecular weight is 463 g/mol. The molecule has 2 aromatic heterocycles. The number of aromatic nitrogens is 2. The van der Waals surface area contributed by atoms with Gasteiger partial charge in [0.05, 0.1) is 17.3 Å². The van der Waals surface area contributed by atoms with E-state index in [0.717, 1.165) is 41.6 Å². The summed E-state index contributed by atoms with van der Waals surface area (Å²) in [6.45, 7) is 0. The van der Waals surface area contributed by atoms with E-state index in [1.165, 1.54) is 15.7 Å². The minimum atomic E-state index is -0.375. The summed E-state index contributed by atoms with van der Waals surface area (Å²) in [6, 6.07) is 14.0. The molecule has 5 rings (SSSR count). The van der Waals surface area contributed by atoms with Gasteiger partial charge in [-0.3, -0.25) is 14.2 Å². The van der Waals surface area contributed by atoms with Crippen molar-refractivity contribution in [3.63, 3.8) is 0 Å². The SMILES string of the molecule is O=C(NN=Cc1cccc(Cl)c1)c1cccc(-n2cnc3sc4c(c3c2=O)CCCC4)c1.